The lowest BCUT2D eigenvalue weighted by Gasteiger charge is -2.25. The van der Waals surface area contributed by atoms with Crippen LogP contribution in [-0.2, 0) is 9.53 Å². The third kappa shape index (κ3) is 4.86. The number of aliphatic hydroxyl groups is 1. The minimum atomic E-state index is -0.576. The van der Waals surface area contributed by atoms with Crippen molar-refractivity contribution in [1.29, 1.82) is 0 Å². The molecule has 0 radical (unpaired) electrons. The number of rotatable bonds is 7. The van der Waals surface area contributed by atoms with Crippen LogP contribution in [0.25, 0.3) is 0 Å². The van der Waals surface area contributed by atoms with Crippen LogP contribution in [0.4, 0.5) is 0 Å². The summed E-state index contributed by atoms with van der Waals surface area (Å²) in [5.41, 5.74) is 0. The van der Waals surface area contributed by atoms with Crippen molar-refractivity contribution in [2.75, 3.05) is 13.1 Å². The zero-order chi connectivity index (χ0) is 15.2. The van der Waals surface area contributed by atoms with E-state index in [1.165, 1.54) is 0 Å². The standard InChI is InChI=1S/C16H25NO4/c1-12(2)21-16(19)7-9-17-8-3-5-13(17)11-14(18)15-6-4-10-20-15/h4,6,10,12-14,18H,3,5,7-9,11H2,1-2H3. The molecule has 2 rings (SSSR count). The highest BCUT2D eigenvalue weighted by molar-refractivity contribution is 5.69. The third-order valence-corrected chi connectivity index (χ3v) is 3.84. The first kappa shape index (κ1) is 16.0. The molecule has 21 heavy (non-hydrogen) atoms. The maximum absolute atomic E-state index is 11.6. The van der Waals surface area contributed by atoms with Gasteiger partial charge in [0.05, 0.1) is 18.8 Å². The average Bonchev–Trinajstić information content (AvgIpc) is 3.06. The van der Waals surface area contributed by atoms with E-state index in [0.29, 0.717) is 31.2 Å². The van der Waals surface area contributed by atoms with Crippen LogP contribution in [0.5, 0.6) is 0 Å². The van der Waals surface area contributed by atoms with Gasteiger partial charge in [-0.15, -0.1) is 0 Å². The fourth-order valence-corrected chi connectivity index (χ4v) is 2.87. The summed E-state index contributed by atoms with van der Waals surface area (Å²) in [4.78, 5) is 13.9. The molecule has 1 fully saturated rings. The lowest BCUT2D eigenvalue weighted by Crippen LogP contribution is -2.33. The highest BCUT2D eigenvalue weighted by Crippen LogP contribution is 2.27. The maximum Gasteiger partial charge on any atom is 0.307 e. The van der Waals surface area contributed by atoms with E-state index in [1.54, 1.807) is 18.4 Å². The highest BCUT2D eigenvalue weighted by Gasteiger charge is 2.28. The molecular formula is C16H25NO4. The smallest absolute Gasteiger partial charge is 0.307 e. The zero-order valence-electron chi connectivity index (χ0n) is 12.8. The van der Waals surface area contributed by atoms with Gasteiger partial charge in [-0.2, -0.15) is 0 Å². The second-order valence-electron chi connectivity index (χ2n) is 5.89. The Kier molecular flexibility index (Phi) is 5.82. The molecule has 2 heterocycles. The number of ether oxygens (including phenoxy) is 1. The second-order valence-corrected chi connectivity index (χ2v) is 5.89. The number of carbonyl (C=O) groups excluding carboxylic acids is 1. The van der Waals surface area contributed by atoms with E-state index >= 15 is 0 Å². The van der Waals surface area contributed by atoms with Crippen LogP contribution in [0.1, 0.15) is 51.4 Å². The van der Waals surface area contributed by atoms with Gasteiger partial charge in [0.25, 0.3) is 0 Å². The minimum Gasteiger partial charge on any atom is -0.467 e. The lowest BCUT2D eigenvalue weighted by atomic mass is 10.1. The molecule has 5 nitrogen and oxygen atoms in total. The Labute approximate surface area is 125 Å². The van der Waals surface area contributed by atoms with Crippen LogP contribution in [-0.4, -0.2) is 41.2 Å². The van der Waals surface area contributed by atoms with Crippen molar-refractivity contribution in [3.8, 4) is 0 Å². The van der Waals surface area contributed by atoms with E-state index in [2.05, 4.69) is 4.90 Å². The van der Waals surface area contributed by atoms with Gasteiger partial charge in [0.15, 0.2) is 0 Å². The summed E-state index contributed by atoms with van der Waals surface area (Å²) in [5, 5.41) is 10.2. The SMILES string of the molecule is CC(C)OC(=O)CCN1CCCC1CC(O)c1ccco1. The number of aliphatic hydroxyl groups excluding tert-OH is 1. The number of furan rings is 1. The van der Waals surface area contributed by atoms with Gasteiger partial charge in [0.1, 0.15) is 11.9 Å². The van der Waals surface area contributed by atoms with Gasteiger partial charge >= 0.3 is 5.97 Å². The largest absolute Gasteiger partial charge is 0.467 e. The molecule has 0 amide bonds. The van der Waals surface area contributed by atoms with Crippen molar-refractivity contribution >= 4 is 5.97 Å². The lowest BCUT2D eigenvalue weighted by molar-refractivity contribution is -0.147. The summed E-state index contributed by atoms with van der Waals surface area (Å²) in [6.45, 7) is 5.39. The molecular weight excluding hydrogens is 270 g/mol. The summed E-state index contributed by atoms with van der Waals surface area (Å²) in [5.74, 6) is 0.461. The normalized spacial score (nSPS) is 20.9. The Hall–Kier alpha value is -1.33. The molecule has 0 aromatic carbocycles. The molecule has 1 saturated heterocycles. The van der Waals surface area contributed by atoms with E-state index < -0.39 is 6.10 Å². The summed E-state index contributed by atoms with van der Waals surface area (Å²) in [6, 6.07) is 3.88. The number of hydrogen-bond acceptors (Lipinski definition) is 5. The van der Waals surface area contributed by atoms with E-state index in [1.807, 2.05) is 13.8 Å². The van der Waals surface area contributed by atoms with E-state index in [0.717, 1.165) is 19.4 Å². The highest BCUT2D eigenvalue weighted by atomic mass is 16.5. The zero-order valence-corrected chi connectivity index (χ0v) is 12.8. The van der Waals surface area contributed by atoms with Crippen LogP contribution in [0.3, 0.4) is 0 Å². The Bertz CT molecular complexity index is 429. The van der Waals surface area contributed by atoms with Crippen molar-refractivity contribution in [3.63, 3.8) is 0 Å². The molecule has 2 atom stereocenters. The van der Waals surface area contributed by atoms with E-state index in [9.17, 15) is 9.90 Å². The van der Waals surface area contributed by atoms with Crippen molar-refractivity contribution in [3.05, 3.63) is 24.2 Å². The van der Waals surface area contributed by atoms with Gasteiger partial charge in [-0.25, -0.2) is 0 Å². The monoisotopic (exact) mass is 295 g/mol. The Balaban J connectivity index is 1.79. The van der Waals surface area contributed by atoms with Gasteiger partial charge in [0, 0.05) is 12.6 Å². The minimum absolute atomic E-state index is 0.0624. The van der Waals surface area contributed by atoms with Crippen molar-refractivity contribution < 1.29 is 19.1 Å². The number of carbonyl (C=O) groups is 1. The third-order valence-electron chi connectivity index (χ3n) is 3.84. The van der Waals surface area contributed by atoms with Crippen LogP contribution < -0.4 is 0 Å². The first-order valence-corrected chi connectivity index (χ1v) is 7.71. The maximum atomic E-state index is 11.6. The molecule has 1 aliphatic heterocycles. The molecule has 1 N–H and O–H groups in total. The number of esters is 1. The molecule has 1 aromatic heterocycles. The molecule has 2 unspecified atom stereocenters. The summed E-state index contributed by atoms with van der Waals surface area (Å²) in [7, 11) is 0. The predicted molar refractivity (Wildman–Crippen MR) is 78.7 cm³/mol. The fourth-order valence-electron chi connectivity index (χ4n) is 2.87. The number of hydrogen-bond donors (Lipinski definition) is 1. The molecule has 5 heteroatoms. The summed E-state index contributed by atoms with van der Waals surface area (Å²) >= 11 is 0. The van der Waals surface area contributed by atoms with Gasteiger partial charge in [-0.05, 0) is 51.8 Å². The molecule has 1 aliphatic rings. The van der Waals surface area contributed by atoms with Gasteiger partial charge in [0.2, 0.25) is 0 Å². The van der Waals surface area contributed by atoms with Crippen LogP contribution in [0.15, 0.2) is 22.8 Å². The first-order chi connectivity index (χ1) is 10.1. The van der Waals surface area contributed by atoms with Gasteiger partial charge in [-0.3, -0.25) is 9.69 Å². The van der Waals surface area contributed by atoms with Crippen molar-refractivity contribution in [2.45, 2.75) is 57.8 Å². The van der Waals surface area contributed by atoms with Crippen LogP contribution in [0, 0.1) is 0 Å². The van der Waals surface area contributed by atoms with Crippen LogP contribution in [0.2, 0.25) is 0 Å². The topological polar surface area (TPSA) is 62.9 Å². The summed E-state index contributed by atoms with van der Waals surface area (Å²) in [6.07, 6.45) is 4.15. The summed E-state index contributed by atoms with van der Waals surface area (Å²) < 4.78 is 10.4. The van der Waals surface area contributed by atoms with Gasteiger partial charge < -0.3 is 14.3 Å². The number of nitrogens with zero attached hydrogens (tertiary/aromatic N) is 1. The molecule has 0 saturated carbocycles. The first-order valence-electron chi connectivity index (χ1n) is 7.71. The van der Waals surface area contributed by atoms with Crippen LogP contribution >= 0.6 is 0 Å². The fraction of sp³-hybridized carbons (Fsp3) is 0.688. The Morgan fingerprint density at radius 1 is 1.57 bits per heavy atom. The molecule has 0 spiro atoms. The molecule has 118 valence electrons. The number of likely N-dealkylation sites (tertiary alicyclic amines) is 1. The quantitative estimate of drug-likeness (QED) is 0.783. The average molecular weight is 295 g/mol. The van der Waals surface area contributed by atoms with Gasteiger partial charge in [-0.1, -0.05) is 0 Å². The molecule has 0 bridgehead atoms. The van der Waals surface area contributed by atoms with Crippen molar-refractivity contribution in [2.24, 2.45) is 0 Å². The molecule has 0 aliphatic carbocycles. The second kappa shape index (κ2) is 7.61. The van der Waals surface area contributed by atoms with Crippen molar-refractivity contribution in [1.82, 2.24) is 4.90 Å². The van der Waals surface area contributed by atoms with E-state index in [4.69, 9.17) is 9.15 Å². The Morgan fingerprint density at radius 2 is 2.38 bits per heavy atom. The predicted octanol–water partition coefficient (Wildman–Crippen LogP) is 2.51. The molecule has 1 aromatic rings. The Morgan fingerprint density at radius 3 is 3.05 bits per heavy atom. The van der Waals surface area contributed by atoms with E-state index in [-0.39, 0.29) is 12.1 Å².